The monoisotopic (exact) mass is 354 g/mol. The summed E-state index contributed by atoms with van der Waals surface area (Å²) in [7, 11) is -2.36. The van der Waals surface area contributed by atoms with Crippen molar-refractivity contribution in [3.8, 4) is 0 Å². The van der Waals surface area contributed by atoms with Crippen molar-refractivity contribution < 1.29 is 17.5 Å². The average molecular weight is 354 g/mol. The minimum Gasteiger partial charge on any atom is -0.377 e. The van der Waals surface area contributed by atoms with Crippen molar-refractivity contribution in [1.82, 2.24) is 19.1 Å². The van der Waals surface area contributed by atoms with E-state index in [-0.39, 0.29) is 17.5 Å². The Balaban J connectivity index is 1.93. The van der Waals surface area contributed by atoms with Gasteiger partial charge in [0.2, 0.25) is 10.0 Å². The standard InChI is InChI=1S/C15H19FN4O3S/c1-11-9-14-17-18-15(10-23-2)19(14)7-8-20(11)24(21,22)13-6-4-3-5-12(13)16/h3-6,11H,7-10H2,1-2H3. The topological polar surface area (TPSA) is 77.3 Å². The zero-order valence-electron chi connectivity index (χ0n) is 13.5. The third kappa shape index (κ3) is 2.94. The molecule has 1 aromatic carbocycles. The van der Waals surface area contributed by atoms with Crippen LogP contribution in [-0.2, 0) is 34.3 Å². The molecule has 0 N–H and O–H groups in total. The van der Waals surface area contributed by atoms with Crippen LogP contribution < -0.4 is 0 Å². The van der Waals surface area contributed by atoms with E-state index in [1.54, 1.807) is 14.0 Å². The van der Waals surface area contributed by atoms with E-state index in [9.17, 15) is 12.8 Å². The summed E-state index contributed by atoms with van der Waals surface area (Å²) in [5, 5.41) is 8.21. The largest absolute Gasteiger partial charge is 0.377 e. The summed E-state index contributed by atoms with van der Waals surface area (Å²) in [5.41, 5.74) is 0. The van der Waals surface area contributed by atoms with Crippen LogP contribution in [0.4, 0.5) is 4.39 Å². The van der Waals surface area contributed by atoms with Gasteiger partial charge >= 0.3 is 0 Å². The van der Waals surface area contributed by atoms with Crippen LogP contribution in [0.3, 0.4) is 0 Å². The normalized spacial score (nSPS) is 19.0. The SMILES string of the molecule is COCc1nnc2n1CCN(S(=O)(=O)c1ccccc1F)C(C)C2. The van der Waals surface area contributed by atoms with Gasteiger partial charge in [-0.25, -0.2) is 12.8 Å². The minimum absolute atomic E-state index is 0.222. The molecular formula is C15H19FN4O3S. The second kappa shape index (κ2) is 6.58. The van der Waals surface area contributed by atoms with E-state index >= 15 is 0 Å². The molecule has 2 heterocycles. The molecule has 7 nitrogen and oxygen atoms in total. The van der Waals surface area contributed by atoms with Gasteiger partial charge in [0.25, 0.3) is 0 Å². The van der Waals surface area contributed by atoms with Gasteiger partial charge in [0.05, 0.1) is 0 Å². The van der Waals surface area contributed by atoms with E-state index in [0.29, 0.717) is 31.2 Å². The lowest BCUT2D eigenvalue weighted by atomic mass is 10.2. The highest BCUT2D eigenvalue weighted by Gasteiger charge is 2.34. The van der Waals surface area contributed by atoms with E-state index in [4.69, 9.17) is 4.74 Å². The Morgan fingerprint density at radius 1 is 1.29 bits per heavy atom. The van der Waals surface area contributed by atoms with Gasteiger partial charge < -0.3 is 9.30 Å². The fourth-order valence-corrected chi connectivity index (χ4v) is 4.63. The molecular weight excluding hydrogens is 335 g/mol. The third-order valence-corrected chi connectivity index (χ3v) is 6.16. The smallest absolute Gasteiger partial charge is 0.246 e. The van der Waals surface area contributed by atoms with Crippen molar-refractivity contribution in [1.29, 1.82) is 0 Å². The lowest BCUT2D eigenvalue weighted by Crippen LogP contribution is -2.40. The molecule has 0 bridgehead atoms. The fraction of sp³-hybridized carbons (Fsp3) is 0.467. The van der Waals surface area contributed by atoms with Gasteiger partial charge in [0.15, 0.2) is 5.82 Å². The molecule has 130 valence electrons. The van der Waals surface area contributed by atoms with E-state index < -0.39 is 15.8 Å². The van der Waals surface area contributed by atoms with Gasteiger partial charge in [-0.1, -0.05) is 12.1 Å². The number of ether oxygens (including phenoxy) is 1. The van der Waals surface area contributed by atoms with Crippen molar-refractivity contribution in [2.24, 2.45) is 0 Å². The zero-order chi connectivity index (χ0) is 17.3. The number of nitrogens with zero attached hydrogens (tertiary/aromatic N) is 4. The van der Waals surface area contributed by atoms with E-state index in [1.807, 2.05) is 4.57 Å². The molecule has 1 aromatic heterocycles. The van der Waals surface area contributed by atoms with Crippen LogP contribution in [0.25, 0.3) is 0 Å². The summed E-state index contributed by atoms with van der Waals surface area (Å²) in [5.74, 6) is 0.624. The van der Waals surface area contributed by atoms with Crippen LogP contribution in [0.15, 0.2) is 29.2 Å². The number of methoxy groups -OCH3 is 1. The van der Waals surface area contributed by atoms with Crippen LogP contribution in [-0.4, -0.2) is 47.2 Å². The summed E-state index contributed by atoms with van der Waals surface area (Å²) < 4.78 is 48.0. The van der Waals surface area contributed by atoms with Gasteiger partial charge in [-0.15, -0.1) is 10.2 Å². The van der Waals surface area contributed by atoms with Crippen molar-refractivity contribution in [2.75, 3.05) is 13.7 Å². The van der Waals surface area contributed by atoms with Crippen molar-refractivity contribution in [2.45, 2.75) is 37.4 Å². The molecule has 0 aliphatic carbocycles. The summed E-state index contributed by atoms with van der Waals surface area (Å²) >= 11 is 0. The maximum atomic E-state index is 14.0. The molecule has 0 radical (unpaired) electrons. The first kappa shape index (κ1) is 17.0. The van der Waals surface area contributed by atoms with Crippen LogP contribution in [0.2, 0.25) is 0 Å². The lowest BCUT2D eigenvalue weighted by molar-refractivity contribution is 0.173. The molecule has 0 amide bonds. The summed E-state index contributed by atoms with van der Waals surface area (Å²) in [6.07, 6.45) is 0.407. The predicted octanol–water partition coefficient (Wildman–Crippen LogP) is 1.20. The number of fused-ring (bicyclic) bond motifs is 1. The first-order valence-electron chi connectivity index (χ1n) is 7.61. The molecule has 1 atom stereocenters. The molecule has 3 rings (SSSR count). The second-order valence-corrected chi connectivity index (χ2v) is 7.58. The predicted molar refractivity (Wildman–Crippen MR) is 84.2 cm³/mol. The zero-order valence-corrected chi connectivity index (χ0v) is 14.3. The number of hydrogen-bond donors (Lipinski definition) is 0. The highest BCUT2D eigenvalue weighted by molar-refractivity contribution is 7.89. The van der Waals surface area contributed by atoms with Gasteiger partial charge in [0, 0.05) is 32.7 Å². The quantitative estimate of drug-likeness (QED) is 0.824. The Bertz CT molecular complexity index is 837. The number of halogens is 1. The molecule has 0 fully saturated rings. The van der Waals surface area contributed by atoms with E-state index in [1.165, 1.54) is 22.5 Å². The number of sulfonamides is 1. The Kier molecular flexibility index (Phi) is 4.66. The van der Waals surface area contributed by atoms with Crippen molar-refractivity contribution in [3.05, 3.63) is 41.7 Å². The first-order valence-corrected chi connectivity index (χ1v) is 9.05. The first-order chi connectivity index (χ1) is 11.4. The second-order valence-electron chi connectivity index (χ2n) is 5.72. The van der Waals surface area contributed by atoms with E-state index in [2.05, 4.69) is 10.2 Å². The Morgan fingerprint density at radius 2 is 2.04 bits per heavy atom. The average Bonchev–Trinajstić information content (AvgIpc) is 2.81. The Hall–Kier alpha value is -1.84. The van der Waals surface area contributed by atoms with Crippen LogP contribution in [0.5, 0.6) is 0 Å². The summed E-state index contributed by atoms with van der Waals surface area (Å²) in [4.78, 5) is -0.299. The molecule has 1 aliphatic rings. The van der Waals surface area contributed by atoms with Gasteiger partial charge in [-0.3, -0.25) is 0 Å². The molecule has 0 spiro atoms. The van der Waals surface area contributed by atoms with Crippen LogP contribution in [0, 0.1) is 5.82 Å². The molecule has 0 saturated heterocycles. The summed E-state index contributed by atoms with van der Waals surface area (Å²) in [6.45, 7) is 2.72. The lowest BCUT2D eigenvalue weighted by Gasteiger charge is -2.25. The van der Waals surface area contributed by atoms with Crippen molar-refractivity contribution in [3.63, 3.8) is 0 Å². The highest BCUT2D eigenvalue weighted by Crippen LogP contribution is 2.24. The van der Waals surface area contributed by atoms with Gasteiger partial charge in [-0.05, 0) is 19.1 Å². The molecule has 1 aliphatic heterocycles. The minimum atomic E-state index is -3.92. The van der Waals surface area contributed by atoms with Crippen molar-refractivity contribution >= 4 is 10.0 Å². The summed E-state index contributed by atoms with van der Waals surface area (Å²) in [6, 6.07) is 5.08. The fourth-order valence-electron chi connectivity index (χ4n) is 2.94. The van der Waals surface area contributed by atoms with Crippen LogP contribution in [0.1, 0.15) is 18.6 Å². The Labute approximate surface area is 140 Å². The number of aromatic nitrogens is 3. The maximum Gasteiger partial charge on any atom is 0.246 e. The highest BCUT2D eigenvalue weighted by atomic mass is 32.2. The number of rotatable bonds is 4. The van der Waals surface area contributed by atoms with Crippen LogP contribution >= 0.6 is 0 Å². The van der Waals surface area contributed by atoms with Gasteiger partial charge in [0.1, 0.15) is 23.1 Å². The number of hydrogen-bond acceptors (Lipinski definition) is 5. The number of benzene rings is 1. The Morgan fingerprint density at radius 3 is 2.75 bits per heavy atom. The third-order valence-electron chi connectivity index (χ3n) is 4.11. The van der Waals surface area contributed by atoms with E-state index in [0.717, 1.165) is 6.07 Å². The van der Waals surface area contributed by atoms with Gasteiger partial charge in [-0.2, -0.15) is 4.31 Å². The maximum absolute atomic E-state index is 14.0. The molecule has 9 heteroatoms. The molecule has 24 heavy (non-hydrogen) atoms. The molecule has 0 saturated carbocycles. The molecule has 2 aromatic rings. The molecule has 1 unspecified atom stereocenters.